The second-order valence-corrected chi connectivity index (χ2v) is 7.08. The molecule has 2 aromatic rings. The predicted molar refractivity (Wildman–Crippen MR) is 111 cm³/mol. The first-order valence-corrected chi connectivity index (χ1v) is 9.97. The van der Waals surface area contributed by atoms with Crippen LogP contribution in [0.4, 0.5) is 0 Å². The van der Waals surface area contributed by atoms with E-state index < -0.39 is 0 Å². The Balaban J connectivity index is 1.51. The van der Waals surface area contributed by atoms with Gasteiger partial charge in [-0.15, -0.1) is 0 Å². The summed E-state index contributed by atoms with van der Waals surface area (Å²) in [5.41, 5.74) is 5.39. The minimum Gasteiger partial charge on any atom is -0.494 e. The van der Waals surface area contributed by atoms with Crippen LogP contribution in [0.2, 0.25) is 0 Å². The molecule has 1 aliphatic rings. The zero-order valence-corrected chi connectivity index (χ0v) is 16.6. The highest BCUT2D eigenvalue weighted by molar-refractivity contribution is 5.95. The third kappa shape index (κ3) is 5.59. The Bertz CT molecular complexity index is 798. The van der Waals surface area contributed by atoms with Crippen LogP contribution in [-0.2, 0) is 6.61 Å². The zero-order chi connectivity index (χ0) is 19.8. The molecule has 5 nitrogen and oxygen atoms in total. The molecule has 1 saturated carbocycles. The van der Waals surface area contributed by atoms with Crippen LogP contribution in [0.5, 0.6) is 11.5 Å². The molecular weight excluding hydrogens is 352 g/mol. The topological polar surface area (TPSA) is 59.9 Å². The van der Waals surface area contributed by atoms with Gasteiger partial charge in [-0.1, -0.05) is 25.5 Å². The molecule has 1 atom stereocenters. The lowest BCUT2D eigenvalue weighted by atomic mass is 9.89. The Kier molecular flexibility index (Phi) is 7.06. The Labute approximate surface area is 166 Å². The SMILES string of the molecule is CCOc1ccc(OCc2ccc(C(=O)N/N=C3/CCCC[C@H]3C)cc2)cc1. The Morgan fingerprint density at radius 1 is 1.04 bits per heavy atom. The summed E-state index contributed by atoms with van der Waals surface area (Å²) in [6.07, 6.45) is 4.53. The highest BCUT2D eigenvalue weighted by Crippen LogP contribution is 2.21. The van der Waals surface area contributed by atoms with Crippen LogP contribution in [0, 0.1) is 5.92 Å². The van der Waals surface area contributed by atoms with Gasteiger partial charge in [0.15, 0.2) is 0 Å². The lowest BCUT2D eigenvalue weighted by molar-refractivity contribution is 0.0954. The minimum atomic E-state index is -0.177. The second-order valence-electron chi connectivity index (χ2n) is 7.08. The molecule has 0 heterocycles. The van der Waals surface area contributed by atoms with Crippen molar-refractivity contribution < 1.29 is 14.3 Å². The van der Waals surface area contributed by atoms with E-state index >= 15 is 0 Å². The molecule has 3 rings (SSSR count). The summed E-state index contributed by atoms with van der Waals surface area (Å²) in [4.78, 5) is 12.3. The van der Waals surface area contributed by atoms with Crippen molar-refractivity contribution in [1.29, 1.82) is 0 Å². The van der Waals surface area contributed by atoms with Crippen LogP contribution < -0.4 is 14.9 Å². The smallest absolute Gasteiger partial charge is 0.271 e. The summed E-state index contributed by atoms with van der Waals surface area (Å²) in [7, 11) is 0. The van der Waals surface area contributed by atoms with Crippen molar-refractivity contribution in [3.63, 3.8) is 0 Å². The number of hydrogen-bond donors (Lipinski definition) is 1. The van der Waals surface area contributed by atoms with Gasteiger partial charge in [-0.05, 0) is 74.1 Å². The molecule has 1 N–H and O–H groups in total. The van der Waals surface area contributed by atoms with E-state index in [4.69, 9.17) is 9.47 Å². The molecule has 28 heavy (non-hydrogen) atoms. The first kappa shape index (κ1) is 19.9. The van der Waals surface area contributed by atoms with Crippen LogP contribution >= 0.6 is 0 Å². The molecule has 0 unspecified atom stereocenters. The van der Waals surface area contributed by atoms with Gasteiger partial charge in [0.1, 0.15) is 18.1 Å². The summed E-state index contributed by atoms with van der Waals surface area (Å²) in [5.74, 6) is 1.89. The fourth-order valence-corrected chi connectivity index (χ4v) is 3.24. The fraction of sp³-hybridized carbons (Fsp3) is 0.391. The number of nitrogens with zero attached hydrogens (tertiary/aromatic N) is 1. The first-order chi connectivity index (χ1) is 13.7. The van der Waals surface area contributed by atoms with Crippen LogP contribution in [0.15, 0.2) is 53.6 Å². The summed E-state index contributed by atoms with van der Waals surface area (Å²) in [6, 6.07) is 15.0. The molecule has 0 aliphatic heterocycles. The zero-order valence-electron chi connectivity index (χ0n) is 16.6. The monoisotopic (exact) mass is 380 g/mol. The molecule has 0 saturated heterocycles. The average Bonchev–Trinajstić information content (AvgIpc) is 2.73. The molecule has 0 spiro atoms. The number of carbonyl (C=O) groups is 1. The highest BCUT2D eigenvalue weighted by atomic mass is 16.5. The Morgan fingerprint density at radius 2 is 1.71 bits per heavy atom. The fourth-order valence-electron chi connectivity index (χ4n) is 3.24. The average molecular weight is 380 g/mol. The Hall–Kier alpha value is -2.82. The van der Waals surface area contributed by atoms with E-state index in [0.29, 0.717) is 24.7 Å². The second kappa shape index (κ2) is 9.93. The normalized spacial score (nSPS) is 17.9. The summed E-state index contributed by atoms with van der Waals surface area (Å²) in [6.45, 7) is 5.21. The molecule has 2 aromatic carbocycles. The van der Waals surface area contributed by atoms with Crippen molar-refractivity contribution in [3.05, 3.63) is 59.7 Å². The van der Waals surface area contributed by atoms with Crippen molar-refractivity contribution in [1.82, 2.24) is 5.43 Å². The highest BCUT2D eigenvalue weighted by Gasteiger charge is 2.16. The standard InChI is InChI=1S/C23H28N2O3/c1-3-27-20-12-14-21(15-13-20)28-16-18-8-10-19(11-9-18)23(26)25-24-22-7-5-4-6-17(22)2/h8-15,17H,3-7,16H2,1-2H3,(H,25,26)/b24-22-/t17-/m1/s1. The van der Waals surface area contributed by atoms with E-state index in [1.54, 1.807) is 12.1 Å². The van der Waals surface area contributed by atoms with Crippen molar-refractivity contribution in [2.24, 2.45) is 11.0 Å². The third-order valence-electron chi connectivity index (χ3n) is 4.95. The molecule has 0 bridgehead atoms. The number of hydrazone groups is 1. The van der Waals surface area contributed by atoms with Gasteiger partial charge in [-0.3, -0.25) is 4.79 Å². The lowest BCUT2D eigenvalue weighted by Crippen LogP contribution is -2.24. The van der Waals surface area contributed by atoms with Crippen LogP contribution in [0.25, 0.3) is 0 Å². The van der Waals surface area contributed by atoms with E-state index in [1.165, 1.54) is 6.42 Å². The molecule has 1 fully saturated rings. The van der Waals surface area contributed by atoms with Gasteiger partial charge in [0, 0.05) is 11.3 Å². The number of benzene rings is 2. The van der Waals surface area contributed by atoms with E-state index in [9.17, 15) is 4.79 Å². The third-order valence-corrected chi connectivity index (χ3v) is 4.95. The summed E-state index contributed by atoms with van der Waals surface area (Å²) < 4.78 is 11.2. The molecule has 148 valence electrons. The molecule has 1 aliphatic carbocycles. The first-order valence-electron chi connectivity index (χ1n) is 9.97. The van der Waals surface area contributed by atoms with Gasteiger partial charge in [0.2, 0.25) is 0 Å². The number of rotatable bonds is 7. The maximum Gasteiger partial charge on any atom is 0.271 e. The molecule has 1 amide bonds. The van der Waals surface area contributed by atoms with Crippen LogP contribution in [-0.4, -0.2) is 18.2 Å². The lowest BCUT2D eigenvalue weighted by Gasteiger charge is -2.19. The molecule has 0 radical (unpaired) electrons. The maximum absolute atomic E-state index is 12.3. The van der Waals surface area contributed by atoms with E-state index in [1.807, 2.05) is 43.3 Å². The van der Waals surface area contributed by atoms with E-state index in [2.05, 4.69) is 17.5 Å². The maximum atomic E-state index is 12.3. The van der Waals surface area contributed by atoms with Gasteiger partial charge in [0.25, 0.3) is 5.91 Å². The Morgan fingerprint density at radius 3 is 2.36 bits per heavy atom. The quantitative estimate of drug-likeness (QED) is 0.691. The number of carbonyl (C=O) groups excluding carboxylic acids is 1. The number of nitrogens with one attached hydrogen (secondary N) is 1. The van der Waals surface area contributed by atoms with Crippen molar-refractivity contribution in [3.8, 4) is 11.5 Å². The van der Waals surface area contributed by atoms with Gasteiger partial charge in [-0.2, -0.15) is 5.10 Å². The predicted octanol–water partition coefficient (Wildman–Crippen LogP) is 4.96. The number of amides is 1. The van der Waals surface area contributed by atoms with Gasteiger partial charge >= 0.3 is 0 Å². The van der Waals surface area contributed by atoms with Crippen LogP contribution in [0.3, 0.4) is 0 Å². The van der Waals surface area contributed by atoms with Crippen molar-refractivity contribution in [2.75, 3.05) is 6.61 Å². The van der Waals surface area contributed by atoms with E-state index in [-0.39, 0.29) is 5.91 Å². The van der Waals surface area contributed by atoms with Crippen LogP contribution in [0.1, 0.15) is 55.5 Å². The van der Waals surface area contributed by atoms with Gasteiger partial charge in [0.05, 0.1) is 6.61 Å². The van der Waals surface area contributed by atoms with Crippen molar-refractivity contribution in [2.45, 2.75) is 46.1 Å². The minimum absolute atomic E-state index is 0.177. The summed E-state index contributed by atoms with van der Waals surface area (Å²) in [5, 5.41) is 4.34. The molecule has 5 heteroatoms. The van der Waals surface area contributed by atoms with E-state index in [0.717, 1.165) is 42.0 Å². The van der Waals surface area contributed by atoms with Gasteiger partial charge < -0.3 is 9.47 Å². The largest absolute Gasteiger partial charge is 0.494 e. The summed E-state index contributed by atoms with van der Waals surface area (Å²) >= 11 is 0. The number of ether oxygens (including phenoxy) is 2. The molecular formula is C23H28N2O3. The van der Waals surface area contributed by atoms with Crippen molar-refractivity contribution >= 4 is 11.6 Å². The molecule has 0 aromatic heterocycles. The van der Waals surface area contributed by atoms with Gasteiger partial charge in [-0.25, -0.2) is 5.43 Å². The number of hydrogen-bond acceptors (Lipinski definition) is 4.